The number of ketones is 1. The Hall–Kier alpha value is -2.30. The molecular formula is C13H14O5. The minimum Gasteiger partial charge on any atom is -0.504 e. The number of rotatable bonds is 7. The molecule has 0 spiro atoms. The molecule has 0 atom stereocenters. The molecule has 2 N–H and O–H groups in total. The van der Waals surface area contributed by atoms with E-state index >= 15 is 0 Å². The fraction of sp³-hybridized carbons (Fsp3) is 0.231. The highest BCUT2D eigenvalue weighted by Gasteiger charge is 2.11. The first-order chi connectivity index (χ1) is 8.54. The van der Waals surface area contributed by atoms with Crippen molar-refractivity contribution in [1.82, 2.24) is 0 Å². The Kier molecular flexibility index (Phi) is 4.92. The van der Waals surface area contributed by atoms with Gasteiger partial charge in [0.15, 0.2) is 17.3 Å². The quantitative estimate of drug-likeness (QED) is 0.571. The number of hydrogen-bond acceptors (Lipinski definition) is 4. The molecule has 0 aliphatic carbocycles. The molecule has 5 nitrogen and oxygen atoms in total. The first kappa shape index (κ1) is 13.8. The van der Waals surface area contributed by atoms with Gasteiger partial charge in [0, 0.05) is 12.0 Å². The van der Waals surface area contributed by atoms with Gasteiger partial charge in [0.2, 0.25) is 0 Å². The third-order valence-electron chi connectivity index (χ3n) is 2.20. The Morgan fingerprint density at radius 3 is 2.61 bits per heavy atom. The van der Waals surface area contributed by atoms with Crippen molar-refractivity contribution in [2.24, 2.45) is 0 Å². The molecule has 0 saturated heterocycles. The predicted octanol–water partition coefficient (Wildman–Crippen LogP) is 2.00. The Morgan fingerprint density at radius 1 is 1.33 bits per heavy atom. The second kappa shape index (κ2) is 6.44. The number of aromatic hydroxyl groups is 1. The molecule has 0 amide bonds. The van der Waals surface area contributed by atoms with E-state index in [-0.39, 0.29) is 42.3 Å². The minimum absolute atomic E-state index is 0.0956. The van der Waals surface area contributed by atoms with Gasteiger partial charge in [0.1, 0.15) is 6.61 Å². The molecule has 96 valence electrons. The molecule has 1 rings (SSSR count). The lowest BCUT2D eigenvalue weighted by atomic mass is 10.1. The van der Waals surface area contributed by atoms with E-state index in [9.17, 15) is 14.7 Å². The summed E-state index contributed by atoms with van der Waals surface area (Å²) >= 11 is 0. The van der Waals surface area contributed by atoms with E-state index in [1.807, 2.05) is 0 Å². The molecule has 0 aliphatic rings. The third kappa shape index (κ3) is 3.93. The number of hydrogen-bond donors (Lipinski definition) is 2. The van der Waals surface area contributed by atoms with Gasteiger partial charge < -0.3 is 14.9 Å². The van der Waals surface area contributed by atoms with Crippen molar-refractivity contribution in [3.05, 3.63) is 36.4 Å². The molecule has 0 saturated carbocycles. The number of Topliss-reactive ketones (excluding diaryl/α,β-unsaturated/α-hetero) is 1. The number of ether oxygens (including phenoxy) is 1. The van der Waals surface area contributed by atoms with Crippen molar-refractivity contribution in [1.29, 1.82) is 0 Å². The molecule has 0 heterocycles. The van der Waals surface area contributed by atoms with Gasteiger partial charge in [-0.15, -0.1) is 0 Å². The predicted molar refractivity (Wildman–Crippen MR) is 65.0 cm³/mol. The highest BCUT2D eigenvalue weighted by Crippen LogP contribution is 2.27. The van der Waals surface area contributed by atoms with E-state index in [1.54, 1.807) is 0 Å². The van der Waals surface area contributed by atoms with Crippen LogP contribution in [0, 0.1) is 0 Å². The van der Waals surface area contributed by atoms with E-state index in [4.69, 9.17) is 9.84 Å². The van der Waals surface area contributed by atoms with E-state index in [1.165, 1.54) is 24.3 Å². The Labute approximate surface area is 104 Å². The van der Waals surface area contributed by atoms with Crippen LogP contribution in [0.4, 0.5) is 0 Å². The topological polar surface area (TPSA) is 83.8 Å². The van der Waals surface area contributed by atoms with Gasteiger partial charge in [-0.1, -0.05) is 12.7 Å². The van der Waals surface area contributed by atoms with Crippen LogP contribution in [-0.2, 0) is 4.79 Å². The Morgan fingerprint density at radius 2 is 2.06 bits per heavy atom. The number of carboxylic acid groups (broad SMARTS) is 1. The van der Waals surface area contributed by atoms with Gasteiger partial charge in [-0.2, -0.15) is 0 Å². The molecule has 5 heteroatoms. The summed E-state index contributed by atoms with van der Waals surface area (Å²) in [7, 11) is 0. The SMILES string of the molecule is C=CCOc1ccc(C(=O)CCC(=O)O)cc1O. The second-order valence-electron chi connectivity index (χ2n) is 3.60. The van der Waals surface area contributed by atoms with Crippen LogP contribution in [-0.4, -0.2) is 28.6 Å². The van der Waals surface area contributed by atoms with Crippen LogP contribution in [0.1, 0.15) is 23.2 Å². The lowest BCUT2D eigenvalue weighted by molar-refractivity contribution is -0.136. The zero-order valence-corrected chi connectivity index (χ0v) is 9.76. The molecular weight excluding hydrogens is 236 g/mol. The summed E-state index contributed by atoms with van der Waals surface area (Å²) in [5.41, 5.74) is 0.264. The first-order valence-corrected chi connectivity index (χ1v) is 5.36. The van der Waals surface area contributed by atoms with Gasteiger partial charge in [-0.25, -0.2) is 0 Å². The number of benzene rings is 1. The third-order valence-corrected chi connectivity index (χ3v) is 2.20. The molecule has 0 bridgehead atoms. The number of carbonyl (C=O) groups excluding carboxylic acids is 1. The molecule has 0 aliphatic heterocycles. The van der Waals surface area contributed by atoms with E-state index in [0.29, 0.717) is 0 Å². The van der Waals surface area contributed by atoms with Crippen LogP contribution >= 0.6 is 0 Å². The average molecular weight is 250 g/mol. The molecule has 0 radical (unpaired) electrons. The van der Waals surface area contributed by atoms with E-state index in [0.717, 1.165) is 0 Å². The lowest BCUT2D eigenvalue weighted by Crippen LogP contribution is -2.04. The lowest BCUT2D eigenvalue weighted by Gasteiger charge is -2.07. The monoisotopic (exact) mass is 250 g/mol. The van der Waals surface area contributed by atoms with Crippen molar-refractivity contribution < 1.29 is 24.5 Å². The van der Waals surface area contributed by atoms with Gasteiger partial charge >= 0.3 is 5.97 Å². The summed E-state index contributed by atoms with van der Waals surface area (Å²) in [6.45, 7) is 3.73. The summed E-state index contributed by atoms with van der Waals surface area (Å²) in [4.78, 5) is 21.9. The van der Waals surface area contributed by atoms with Gasteiger partial charge in [0.05, 0.1) is 6.42 Å². The van der Waals surface area contributed by atoms with E-state index < -0.39 is 5.97 Å². The second-order valence-corrected chi connectivity index (χ2v) is 3.60. The number of carbonyl (C=O) groups is 2. The summed E-state index contributed by atoms with van der Waals surface area (Å²) < 4.78 is 5.15. The zero-order valence-electron chi connectivity index (χ0n) is 9.76. The molecule has 18 heavy (non-hydrogen) atoms. The van der Waals surface area contributed by atoms with Crippen LogP contribution < -0.4 is 4.74 Å². The van der Waals surface area contributed by atoms with Crippen molar-refractivity contribution in [3.8, 4) is 11.5 Å². The van der Waals surface area contributed by atoms with Gasteiger partial charge in [-0.3, -0.25) is 9.59 Å². The average Bonchev–Trinajstić information content (AvgIpc) is 2.34. The maximum absolute atomic E-state index is 11.6. The van der Waals surface area contributed by atoms with Crippen molar-refractivity contribution in [2.45, 2.75) is 12.8 Å². The molecule has 1 aromatic carbocycles. The maximum atomic E-state index is 11.6. The molecule has 0 unspecified atom stereocenters. The summed E-state index contributed by atoms with van der Waals surface area (Å²) in [6.07, 6.45) is 1.21. The van der Waals surface area contributed by atoms with Crippen LogP contribution in [0.2, 0.25) is 0 Å². The number of phenolic OH excluding ortho intramolecular Hbond substituents is 1. The van der Waals surface area contributed by atoms with Crippen molar-refractivity contribution >= 4 is 11.8 Å². The molecule has 1 aromatic rings. The van der Waals surface area contributed by atoms with Gasteiger partial charge in [0.25, 0.3) is 0 Å². The summed E-state index contributed by atoms with van der Waals surface area (Å²) in [6, 6.07) is 4.22. The Bertz CT molecular complexity index is 464. The maximum Gasteiger partial charge on any atom is 0.303 e. The standard InChI is InChI=1S/C13H14O5/c1-2-7-18-12-5-3-9(8-11(12)15)10(14)4-6-13(16)17/h2-3,5,8,15H,1,4,6-7H2,(H,16,17). The normalized spacial score (nSPS) is 9.78. The molecule has 0 fully saturated rings. The first-order valence-electron chi connectivity index (χ1n) is 5.36. The highest BCUT2D eigenvalue weighted by molar-refractivity contribution is 5.97. The number of phenols is 1. The van der Waals surface area contributed by atoms with Crippen LogP contribution in [0.15, 0.2) is 30.9 Å². The van der Waals surface area contributed by atoms with Crippen LogP contribution in [0.3, 0.4) is 0 Å². The summed E-state index contributed by atoms with van der Waals surface area (Å²) in [5, 5.41) is 18.1. The van der Waals surface area contributed by atoms with Gasteiger partial charge in [-0.05, 0) is 18.2 Å². The fourth-order valence-electron chi connectivity index (χ4n) is 1.33. The fourth-order valence-corrected chi connectivity index (χ4v) is 1.33. The largest absolute Gasteiger partial charge is 0.504 e. The number of carboxylic acids is 1. The smallest absolute Gasteiger partial charge is 0.303 e. The Balaban J connectivity index is 2.73. The van der Waals surface area contributed by atoms with Crippen molar-refractivity contribution in [3.63, 3.8) is 0 Å². The van der Waals surface area contributed by atoms with E-state index in [2.05, 4.69) is 6.58 Å². The van der Waals surface area contributed by atoms with Crippen LogP contribution in [0.25, 0.3) is 0 Å². The highest BCUT2D eigenvalue weighted by atomic mass is 16.5. The molecule has 0 aromatic heterocycles. The van der Waals surface area contributed by atoms with Crippen molar-refractivity contribution in [2.75, 3.05) is 6.61 Å². The van der Waals surface area contributed by atoms with Crippen LogP contribution in [0.5, 0.6) is 11.5 Å². The number of aliphatic carboxylic acids is 1. The minimum atomic E-state index is -1.03. The zero-order chi connectivity index (χ0) is 13.5. The summed E-state index contributed by atoms with van der Waals surface area (Å²) in [5.74, 6) is -1.26.